The zero-order valence-electron chi connectivity index (χ0n) is 79.1. The lowest BCUT2D eigenvalue weighted by Crippen LogP contribution is -2.42. The van der Waals surface area contributed by atoms with Gasteiger partial charge in [-0.2, -0.15) is 4.98 Å². The second-order valence-corrected chi connectivity index (χ2v) is 44.3. The first-order valence-electron chi connectivity index (χ1n) is 44.8. The summed E-state index contributed by atoms with van der Waals surface area (Å²) in [6, 6.07) is 0. The number of ether oxygens (including phenoxy) is 16. The number of nitrogens with one attached hydrogen (secondary N) is 2. The van der Waals surface area contributed by atoms with E-state index in [0.717, 1.165) is 38.7 Å². The van der Waals surface area contributed by atoms with E-state index in [1.165, 1.54) is 97.0 Å². The van der Waals surface area contributed by atoms with Crippen LogP contribution in [0, 0.1) is 20.8 Å². The molecule has 6 fully saturated rings. The highest BCUT2D eigenvalue weighted by Gasteiger charge is 2.57. The van der Waals surface area contributed by atoms with Gasteiger partial charge in [0.2, 0.25) is 0 Å². The molecule has 0 saturated carbocycles. The molecule has 0 aromatic carbocycles. The van der Waals surface area contributed by atoms with E-state index in [1.54, 1.807) is 4.57 Å². The fourth-order valence-electron chi connectivity index (χ4n) is 16.8. The largest absolute Gasteiger partial charge is 0.780 e. The number of nitrogen functional groups attached to an aromatic ring is 4. The van der Waals surface area contributed by atoms with Crippen LogP contribution in [0.5, 0.6) is 0 Å². The van der Waals surface area contributed by atoms with Crippen LogP contribution in [0.4, 0.5) is 23.3 Å². The number of aryl methyl sites for hydroxylation is 3. The molecule has 0 bridgehead atoms. The smallest absolute Gasteiger partial charge is 0.351 e. The van der Waals surface area contributed by atoms with Crippen LogP contribution >= 0.6 is 35.9 Å². The maximum atomic E-state index is 15.6. The van der Waals surface area contributed by atoms with Gasteiger partial charge in [0.15, 0.2) is 72.3 Å². The standard InChI is InChI=1S/C77H111N22O39P5S3/c1-10-11-40-41(22-47(128-40)97-34-88-48-62(79)82-31-85-65(48)97)134-141(110,144)126-29-45-53(58(120-19-14-115-7)73(133-45)98-35-89-49-63(80)83-32-86-66(49)98)136-139(106,107)123-27-43-52(57(119-18-13-114-6)71(130-43)94-23-37(2)61(78)91-75(94)103)135-140(108,109)124-28-44-54(60(122-21-16-117-9)74(132-44)99-36-90-50-64(81)84-33-87-67(50)99)137-143(112,146)127-30-46-55(59(121-20-15-116-8)72(131-46)96-25-39(4)69(102)93-77(96)105)138-142(111,145)125-26-42-51(100)56(118-17-12-113-5)70(129-42)95-24-38(3)68(101)92-76(95)104/h23-25,31-36,40-47,51-60,70-74,100H,10-22,26-30H2,1-9H3,(H,106,107)(H,108,109)(H,110,144)(H,111,145)(H,112,146)(H2,78,91,103)(H2,79,82,85)(H2,80,83,86)(H2,81,84,87)(H,92,101,104)(H,93,102,105)/p-5/t40-,41?,42-,43-,44-,45-,46-,47-,51?,52?,53?,54?,55?,56+,57+,58+,59+,60+,70-,71-,72-,73-,74-,141?,142?,143?/m1/s1. The molecule has 806 valence electrons. The SMILES string of the molecule is CCC[C@H]1O[C@@H](n2cnc3c(N)ncnc32)CC1OP([O-])(=S)OC[C@H]1O[C@@H](n2cnc3c(N)ncnc32)[C@@H](OCCOC)C1OP(=O)([O-])OC[C@H]1O[C@@H](n2cc(C)c(N)nc2=O)[C@@H](OCCOC)C1OP(=O)([O-])OC[C@H]1O[C@@H](n2cnc3c(N)ncnc32)[C@@H](OCCOC)C1OP(=O)([S-])OC[C@H]1O[C@@H](n2cc(C)c(=O)[nH]c2=O)[C@@H](OCCOC)C1OP([O-])(=S)OC[C@H]1O[C@@H](n2cc(C)c(=O)[nH]c2=O)[C@@H](OCCOC)C1O. The number of hydrogen-bond donors (Lipinski definition) is 7. The number of phosphoric ester groups is 2. The summed E-state index contributed by atoms with van der Waals surface area (Å²) in [4.78, 5) is 173. The van der Waals surface area contributed by atoms with Crippen molar-refractivity contribution in [1.29, 1.82) is 0 Å². The molecule has 11 unspecified atom stereocenters. The normalized spacial score (nSPS) is 29.1. The summed E-state index contributed by atoms with van der Waals surface area (Å²) in [6.07, 6.45) is -26.1. The molecule has 15 heterocycles. The number of H-pyrrole nitrogens is 2. The Labute approximate surface area is 841 Å². The van der Waals surface area contributed by atoms with E-state index in [1.807, 2.05) is 6.92 Å². The van der Waals surface area contributed by atoms with Crippen LogP contribution in [0.25, 0.3) is 33.5 Å². The Morgan fingerprint density at radius 2 is 0.767 bits per heavy atom. The van der Waals surface area contributed by atoms with Crippen LogP contribution in [-0.2, 0) is 171 Å². The summed E-state index contributed by atoms with van der Waals surface area (Å²) >= 11 is 16.8. The topological polar surface area (TPSA) is 783 Å². The number of hydrogen-bond acceptors (Lipinski definition) is 56. The van der Waals surface area contributed by atoms with Crippen molar-refractivity contribution in [3.8, 4) is 0 Å². The first-order valence-corrected chi connectivity index (χ1v) is 55.4. The molecule has 6 aliphatic rings. The number of fused-ring (bicyclic) bond motifs is 3. The number of phosphoric acid groups is 2. The van der Waals surface area contributed by atoms with Crippen LogP contribution in [0.15, 0.2) is 80.5 Å². The number of aromatic nitrogens is 18. The molecule has 146 heavy (non-hydrogen) atoms. The molecule has 0 aliphatic carbocycles. The summed E-state index contributed by atoms with van der Waals surface area (Å²) in [7, 11) is -5.61. The van der Waals surface area contributed by atoms with Crippen molar-refractivity contribution in [3.05, 3.63) is 125 Å². The van der Waals surface area contributed by atoms with Crippen molar-refractivity contribution in [2.75, 3.05) is 158 Å². The molecule has 9 aromatic heterocycles. The van der Waals surface area contributed by atoms with Gasteiger partial charge >= 0.3 is 17.1 Å². The number of nitrogens with zero attached hydrogens (tertiary/aromatic N) is 16. The highest BCUT2D eigenvalue weighted by molar-refractivity contribution is 8.32. The zero-order valence-corrected chi connectivity index (χ0v) is 86.0. The number of anilines is 4. The Kier molecular flexibility index (Phi) is 37.6. The van der Waals surface area contributed by atoms with Crippen molar-refractivity contribution in [2.24, 2.45) is 0 Å². The van der Waals surface area contributed by atoms with Crippen LogP contribution in [0.2, 0.25) is 0 Å². The van der Waals surface area contributed by atoms with E-state index in [0.29, 0.717) is 18.5 Å². The van der Waals surface area contributed by atoms with Crippen molar-refractivity contribution in [3.63, 3.8) is 0 Å². The fraction of sp³-hybridized carbons (Fsp3) is 0.649. The van der Waals surface area contributed by atoms with Crippen molar-refractivity contribution in [2.45, 2.75) is 188 Å². The fourth-order valence-corrected chi connectivity index (χ4v) is 23.0. The van der Waals surface area contributed by atoms with E-state index in [9.17, 15) is 38.9 Å². The third kappa shape index (κ3) is 26.2. The van der Waals surface area contributed by atoms with Gasteiger partial charge in [-0.15, -0.1) is 0 Å². The van der Waals surface area contributed by atoms with Gasteiger partial charge in [0.1, 0.15) is 153 Å². The number of aliphatic hydroxyl groups excluding tert-OH is 1. The molecule has 69 heteroatoms. The number of aliphatic hydroxyl groups is 1. The highest BCUT2D eigenvalue weighted by atomic mass is 32.7. The van der Waals surface area contributed by atoms with Gasteiger partial charge in [0.25, 0.3) is 26.8 Å². The average molecular weight is 2210 g/mol. The molecule has 15 rings (SSSR count). The first kappa shape index (κ1) is 112. The second-order valence-electron chi connectivity index (χ2n) is 33.5. The van der Waals surface area contributed by atoms with E-state index in [-0.39, 0.29) is 134 Å². The van der Waals surface area contributed by atoms with Crippen molar-refractivity contribution in [1.82, 2.24) is 87.2 Å². The quantitative estimate of drug-likeness (QED) is 0.0113. The molecule has 0 spiro atoms. The summed E-state index contributed by atoms with van der Waals surface area (Å²) in [5, 5.41) is 11.8. The minimum atomic E-state index is -6.20. The van der Waals surface area contributed by atoms with Crippen LogP contribution in [0.3, 0.4) is 0 Å². The van der Waals surface area contributed by atoms with E-state index >= 15 is 23.5 Å². The van der Waals surface area contributed by atoms with Gasteiger partial charge in [0, 0.05) is 77.3 Å². The number of rotatable bonds is 53. The first-order chi connectivity index (χ1) is 69.7. The Bertz CT molecular complexity index is 6600. The number of methoxy groups -OCH3 is 5. The third-order valence-corrected chi connectivity index (χ3v) is 30.3. The monoisotopic (exact) mass is 2210 g/mol. The summed E-state index contributed by atoms with van der Waals surface area (Å²) in [5.74, 6) is -0.366. The Morgan fingerprint density at radius 1 is 0.418 bits per heavy atom. The lowest BCUT2D eigenvalue weighted by molar-refractivity contribution is -0.241. The third-order valence-electron chi connectivity index (χ3n) is 23.8. The maximum Gasteiger partial charge on any atom is 0.351 e. The molecular formula is C77H106N22O39P5S3-5. The van der Waals surface area contributed by atoms with Gasteiger partial charge in [0.05, 0.1) is 130 Å². The van der Waals surface area contributed by atoms with Gasteiger partial charge in [-0.25, -0.2) is 59.2 Å². The lowest BCUT2D eigenvalue weighted by Gasteiger charge is -2.36. The molecule has 6 saturated heterocycles. The molecule has 0 amide bonds. The Balaban J connectivity index is 0.719. The van der Waals surface area contributed by atoms with Crippen LogP contribution in [-0.4, -0.2) is 331 Å². The maximum absolute atomic E-state index is 15.6. The van der Waals surface area contributed by atoms with Gasteiger partial charge in [-0.3, -0.25) is 60.7 Å². The highest BCUT2D eigenvalue weighted by Crippen LogP contribution is 2.57. The average Bonchev–Trinajstić information content (AvgIpc) is 1.61. The lowest BCUT2D eigenvalue weighted by atomic mass is 10.1. The number of imidazole rings is 3. The van der Waals surface area contributed by atoms with E-state index in [4.69, 9.17) is 180 Å². The summed E-state index contributed by atoms with van der Waals surface area (Å²) in [6.45, 7) is -16.9. The molecule has 9 aromatic rings. The van der Waals surface area contributed by atoms with Crippen LogP contribution in [0.1, 0.15) is 80.2 Å². The summed E-state index contributed by atoms with van der Waals surface area (Å²) in [5.41, 5.74) is 20.9. The molecule has 28 atom stereocenters. The van der Waals surface area contributed by atoms with Crippen molar-refractivity contribution >= 4 is 129 Å². The minimum Gasteiger partial charge on any atom is -0.780 e. The molecule has 11 N–H and O–H groups in total. The predicted molar refractivity (Wildman–Crippen MR) is 499 cm³/mol. The zero-order chi connectivity index (χ0) is 105. The number of aromatic amines is 2. The van der Waals surface area contributed by atoms with E-state index < -0.39 is 245 Å². The summed E-state index contributed by atoms with van der Waals surface area (Å²) < 4.78 is 209. The van der Waals surface area contributed by atoms with E-state index in [2.05, 4.69) is 59.8 Å². The van der Waals surface area contributed by atoms with Crippen molar-refractivity contribution < 1.29 is 159 Å². The molecular weight excluding hydrogens is 2110 g/mol. The van der Waals surface area contributed by atoms with Gasteiger partial charge < -0.3 is 181 Å². The van der Waals surface area contributed by atoms with Crippen LogP contribution < -0.4 is 70.7 Å². The van der Waals surface area contributed by atoms with Gasteiger partial charge in [-0.1, -0.05) is 37.0 Å². The second kappa shape index (κ2) is 48.9. The minimum absolute atomic E-state index is 0.00120. The Morgan fingerprint density at radius 3 is 1.20 bits per heavy atom. The molecule has 61 nitrogen and oxygen atoms in total. The molecule has 0 radical (unpaired) electrons. The molecule has 6 aliphatic heterocycles. The predicted octanol–water partition coefficient (Wildman–Crippen LogP) is -3.02. The number of nitrogens with two attached hydrogens (primary N) is 4. The van der Waals surface area contributed by atoms with Gasteiger partial charge in [-0.05, 0) is 27.2 Å². The Hall–Kier alpha value is -7.81.